The van der Waals surface area contributed by atoms with E-state index < -0.39 is 43.7 Å². The van der Waals surface area contributed by atoms with Crippen molar-refractivity contribution in [1.29, 1.82) is 0 Å². The predicted molar refractivity (Wildman–Crippen MR) is 52.7 cm³/mol. The molecule has 1 aromatic rings. The fraction of sp³-hybridized carbons (Fsp3) is 0.300. The summed E-state index contributed by atoms with van der Waals surface area (Å²) in [5, 5.41) is 0. The van der Waals surface area contributed by atoms with Gasteiger partial charge in [0.05, 0.1) is 4.90 Å². The molecule has 1 aromatic carbocycles. The van der Waals surface area contributed by atoms with Crippen LogP contribution < -0.4 is 0 Å². The number of sulfone groups is 1. The van der Waals surface area contributed by atoms with Gasteiger partial charge in [-0.15, -0.1) is 0 Å². The molecule has 0 saturated carbocycles. The predicted octanol–water partition coefficient (Wildman–Crippen LogP) is 1.93. The van der Waals surface area contributed by atoms with E-state index in [9.17, 15) is 26.4 Å². The number of carbonyl (C=O) groups is 1. The maximum Gasteiger partial charge on any atom is 0.344 e. The molecule has 92 valence electrons. The molecule has 3 nitrogen and oxygen atoms in total. The average molecular weight is 264 g/mol. The summed E-state index contributed by atoms with van der Waals surface area (Å²) in [6.45, 7) is 0. The maximum absolute atomic E-state index is 13.3. The first-order valence-corrected chi connectivity index (χ1v) is 6.46. The minimum absolute atomic E-state index is 0.556. The van der Waals surface area contributed by atoms with Gasteiger partial charge < -0.3 is 0 Å². The lowest BCUT2D eigenvalue weighted by atomic mass is 10.1. The smallest absolute Gasteiger partial charge is 0.287 e. The van der Waals surface area contributed by atoms with Crippen LogP contribution in [0.3, 0.4) is 0 Å². The Morgan fingerprint density at radius 2 is 1.88 bits per heavy atom. The van der Waals surface area contributed by atoms with Crippen LogP contribution in [0.4, 0.5) is 13.2 Å². The highest BCUT2D eigenvalue weighted by molar-refractivity contribution is 7.90. The number of Topliss-reactive ketones (excluding diaryl/α,β-unsaturated/α-hetero) is 1. The molecule has 0 amide bonds. The molecule has 0 fully saturated rings. The molecule has 0 aromatic heterocycles. The summed E-state index contributed by atoms with van der Waals surface area (Å²) < 4.78 is 62.4. The van der Waals surface area contributed by atoms with E-state index in [1.54, 1.807) is 0 Å². The zero-order chi connectivity index (χ0) is 13.0. The van der Waals surface area contributed by atoms with Crippen LogP contribution in [-0.2, 0) is 9.84 Å². The summed E-state index contributed by atoms with van der Waals surface area (Å²) >= 11 is 0. The van der Waals surface area contributed by atoms with Gasteiger partial charge in [-0.25, -0.2) is 12.8 Å². The van der Waals surface area contributed by atoms with Crippen molar-refractivity contribution in [2.75, 3.05) is 6.26 Å². The third-order valence-corrected chi connectivity index (χ3v) is 3.72. The molecule has 0 saturated heterocycles. The lowest BCUT2D eigenvalue weighted by Crippen LogP contribution is -2.26. The maximum atomic E-state index is 13.3. The fourth-order valence-electron chi connectivity index (χ4n) is 1.79. The van der Waals surface area contributed by atoms with Crippen LogP contribution in [-0.4, -0.2) is 26.4 Å². The molecule has 1 unspecified atom stereocenters. The molecule has 0 spiro atoms. The Balaban J connectivity index is 2.81. The highest BCUT2D eigenvalue weighted by Gasteiger charge is 2.57. The minimum Gasteiger partial charge on any atom is -0.287 e. The second kappa shape index (κ2) is 3.32. The molecular formula is C10H7F3O3S. The first-order valence-electron chi connectivity index (χ1n) is 4.57. The molecule has 1 aliphatic rings. The summed E-state index contributed by atoms with van der Waals surface area (Å²) in [4.78, 5) is 10.8. The van der Waals surface area contributed by atoms with E-state index in [4.69, 9.17) is 0 Å². The van der Waals surface area contributed by atoms with E-state index in [0.29, 0.717) is 0 Å². The Kier molecular flexibility index (Phi) is 2.36. The van der Waals surface area contributed by atoms with Gasteiger partial charge in [0.25, 0.3) is 0 Å². The number of fused-ring (bicyclic) bond motifs is 1. The van der Waals surface area contributed by atoms with Gasteiger partial charge in [-0.3, -0.25) is 4.79 Å². The highest BCUT2D eigenvalue weighted by Crippen LogP contribution is 2.47. The van der Waals surface area contributed by atoms with E-state index in [1.807, 2.05) is 0 Å². The zero-order valence-electron chi connectivity index (χ0n) is 8.58. The standard InChI is InChI=1S/C10H7F3O3S/c1-17(15,16)6-4-2-3-5-7(6)9(14)10(12,13)8(5)11/h2-4,8H,1H3. The molecule has 17 heavy (non-hydrogen) atoms. The number of hydrogen-bond acceptors (Lipinski definition) is 3. The fourth-order valence-corrected chi connectivity index (χ4v) is 2.70. The number of ketones is 1. The van der Waals surface area contributed by atoms with Gasteiger partial charge in [0.15, 0.2) is 16.0 Å². The number of hydrogen-bond donors (Lipinski definition) is 0. The molecule has 7 heteroatoms. The van der Waals surface area contributed by atoms with E-state index in [0.717, 1.165) is 24.5 Å². The second-order valence-corrected chi connectivity index (χ2v) is 5.79. The van der Waals surface area contributed by atoms with Gasteiger partial charge in [-0.2, -0.15) is 8.78 Å². The van der Waals surface area contributed by atoms with Gasteiger partial charge in [0, 0.05) is 17.4 Å². The Morgan fingerprint density at radius 1 is 1.29 bits per heavy atom. The third kappa shape index (κ3) is 1.56. The summed E-state index contributed by atoms with van der Waals surface area (Å²) in [7, 11) is -3.86. The summed E-state index contributed by atoms with van der Waals surface area (Å²) in [6, 6.07) is 3.14. The molecule has 0 heterocycles. The van der Waals surface area contributed by atoms with Gasteiger partial charge in [0.1, 0.15) is 0 Å². The average Bonchev–Trinajstić information content (AvgIpc) is 2.39. The van der Waals surface area contributed by atoms with Crippen LogP contribution in [0, 0.1) is 0 Å². The number of carbonyl (C=O) groups excluding carboxylic acids is 1. The van der Waals surface area contributed by atoms with Crippen LogP contribution in [0.15, 0.2) is 23.1 Å². The Hall–Kier alpha value is -1.37. The molecule has 1 atom stereocenters. The monoisotopic (exact) mass is 264 g/mol. The van der Waals surface area contributed by atoms with Crippen molar-refractivity contribution in [3.63, 3.8) is 0 Å². The van der Waals surface area contributed by atoms with Crippen LogP contribution in [0.2, 0.25) is 0 Å². The van der Waals surface area contributed by atoms with Crippen molar-refractivity contribution < 1.29 is 26.4 Å². The normalized spacial score (nSPS) is 22.6. The largest absolute Gasteiger partial charge is 0.344 e. The zero-order valence-corrected chi connectivity index (χ0v) is 9.39. The van der Waals surface area contributed by atoms with Crippen molar-refractivity contribution in [2.24, 2.45) is 0 Å². The molecule has 2 rings (SSSR count). The number of benzene rings is 1. The van der Waals surface area contributed by atoms with Crippen LogP contribution in [0.1, 0.15) is 22.1 Å². The number of alkyl halides is 3. The molecule has 1 aliphatic carbocycles. The minimum atomic E-state index is -4.19. The van der Waals surface area contributed by atoms with Gasteiger partial charge >= 0.3 is 5.92 Å². The van der Waals surface area contributed by atoms with Crippen molar-refractivity contribution in [3.8, 4) is 0 Å². The number of halogens is 3. The van der Waals surface area contributed by atoms with Gasteiger partial charge in [-0.1, -0.05) is 12.1 Å². The second-order valence-electron chi connectivity index (χ2n) is 3.81. The van der Waals surface area contributed by atoms with Crippen LogP contribution in [0.25, 0.3) is 0 Å². The molecule has 0 bridgehead atoms. The Labute approximate surface area is 95.2 Å². The van der Waals surface area contributed by atoms with Crippen LogP contribution in [0.5, 0.6) is 0 Å². The van der Waals surface area contributed by atoms with Crippen molar-refractivity contribution in [3.05, 3.63) is 29.3 Å². The Morgan fingerprint density at radius 3 is 2.41 bits per heavy atom. The van der Waals surface area contributed by atoms with E-state index in [2.05, 4.69) is 0 Å². The SMILES string of the molecule is CS(=O)(=O)c1cccc2c1C(=O)C(F)(F)C2F. The summed E-state index contributed by atoms with van der Waals surface area (Å²) in [5.41, 5.74) is -1.30. The van der Waals surface area contributed by atoms with Crippen LogP contribution >= 0.6 is 0 Å². The Bertz CT molecular complexity index is 607. The molecule has 0 N–H and O–H groups in total. The van der Waals surface area contributed by atoms with E-state index in [-0.39, 0.29) is 0 Å². The highest BCUT2D eigenvalue weighted by atomic mass is 32.2. The third-order valence-electron chi connectivity index (χ3n) is 2.58. The molecular weight excluding hydrogens is 257 g/mol. The van der Waals surface area contributed by atoms with E-state index in [1.165, 1.54) is 0 Å². The summed E-state index contributed by atoms with van der Waals surface area (Å²) in [6.07, 6.45) is -2.01. The molecule has 0 radical (unpaired) electrons. The van der Waals surface area contributed by atoms with E-state index >= 15 is 0 Å². The number of rotatable bonds is 1. The van der Waals surface area contributed by atoms with Gasteiger partial charge in [-0.05, 0) is 6.07 Å². The first-order chi connectivity index (χ1) is 7.67. The lowest BCUT2D eigenvalue weighted by molar-refractivity contribution is -0.0364. The molecule has 0 aliphatic heterocycles. The quantitative estimate of drug-likeness (QED) is 0.778. The first kappa shape index (κ1) is 12.1. The lowest BCUT2D eigenvalue weighted by Gasteiger charge is -2.08. The van der Waals surface area contributed by atoms with Crippen molar-refractivity contribution in [2.45, 2.75) is 17.0 Å². The summed E-state index contributed by atoms with van der Waals surface area (Å²) in [5.74, 6) is -5.97. The van der Waals surface area contributed by atoms with Crippen molar-refractivity contribution in [1.82, 2.24) is 0 Å². The van der Waals surface area contributed by atoms with Gasteiger partial charge in [0.2, 0.25) is 5.78 Å². The van der Waals surface area contributed by atoms with Crippen molar-refractivity contribution >= 4 is 15.6 Å². The topological polar surface area (TPSA) is 51.2 Å².